The third-order valence-electron chi connectivity index (χ3n) is 2.92. The number of nitrogens with zero attached hydrogens (tertiary/aromatic N) is 1. The fourth-order valence-corrected chi connectivity index (χ4v) is 2.33. The molecular formula is C14H23BrN2O. The van der Waals surface area contributed by atoms with Crippen molar-refractivity contribution in [3.05, 3.63) is 28.2 Å². The molecule has 102 valence electrons. The summed E-state index contributed by atoms with van der Waals surface area (Å²) < 4.78 is 6.25. The molecule has 1 aromatic rings. The van der Waals surface area contributed by atoms with Gasteiger partial charge in [0, 0.05) is 19.6 Å². The molecule has 1 rings (SSSR count). The molecule has 0 saturated heterocycles. The number of hydrogen-bond donors (Lipinski definition) is 1. The zero-order valence-corrected chi connectivity index (χ0v) is 13.1. The van der Waals surface area contributed by atoms with E-state index >= 15 is 0 Å². The molecule has 0 bridgehead atoms. The van der Waals surface area contributed by atoms with E-state index in [1.807, 2.05) is 6.07 Å². The molecule has 0 heterocycles. The highest BCUT2D eigenvalue weighted by atomic mass is 79.9. The Morgan fingerprint density at radius 2 is 2.11 bits per heavy atom. The Morgan fingerprint density at radius 3 is 2.72 bits per heavy atom. The van der Waals surface area contributed by atoms with Gasteiger partial charge in [0.25, 0.3) is 0 Å². The van der Waals surface area contributed by atoms with Gasteiger partial charge in [-0.15, -0.1) is 0 Å². The molecule has 0 aromatic heterocycles. The quantitative estimate of drug-likeness (QED) is 0.746. The molecule has 0 spiro atoms. The van der Waals surface area contributed by atoms with Gasteiger partial charge < -0.3 is 15.0 Å². The maximum Gasteiger partial charge on any atom is 0.133 e. The second-order valence-electron chi connectivity index (χ2n) is 4.38. The van der Waals surface area contributed by atoms with Crippen molar-refractivity contribution in [3.8, 4) is 5.75 Å². The largest absolute Gasteiger partial charge is 0.496 e. The summed E-state index contributed by atoms with van der Waals surface area (Å²) in [5, 5.41) is 3.34. The minimum absolute atomic E-state index is 0.888. The lowest BCUT2D eigenvalue weighted by molar-refractivity contribution is 0.337. The van der Waals surface area contributed by atoms with E-state index in [1.165, 1.54) is 5.56 Å². The van der Waals surface area contributed by atoms with Gasteiger partial charge in [-0.3, -0.25) is 0 Å². The predicted molar refractivity (Wildman–Crippen MR) is 80.4 cm³/mol. The van der Waals surface area contributed by atoms with E-state index < -0.39 is 0 Å². The summed E-state index contributed by atoms with van der Waals surface area (Å²) in [5.41, 5.74) is 1.33. The van der Waals surface area contributed by atoms with Crippen LogP contribution in [0.15, 0.2) is 22.7 Å². The Bertz CT molecular complexity index is 358. The lowest BCUT2D eigenvalue weighted by Gasteiger charge is -2.16. The third-order valence-corrected chi connectivity index (χ3v) is 3.54. The molecular weight excluding hydrogens is 292 g/mol. The van der Waals surface area contributed by atoms with Crippen LogP contribution in [0.4, 0.5) is 0 Å². The summed E-state index contributed by atoms with van der Waals surface area (Å²) >= 11 is 3.52. The molecule has 18 heavy (non-hydrogen) atoms. The van der Waals surface area contributed by atoms with Crippen molar-refractivity contribution in [2.45, 2.75) is 13.3 Å². The predicted octanol–water partition coefficient (Wildman–Crippen LogP) is 2.54. The molecule has 1 N–H and O–H groups in total. The molecule has 0 atom stereocenters. The Morgan fingerprint density at radius 1 is 1.33 bits per heavy atom. The van der Waals surface area contributed by atoms with Crippen LogP contribution in [0.5, 0.6) is 5.75 Å². The fraction of sp³-hybridized carbons (Fsp3) is 0.571. The van der Waals surface area contributed by atoms with Crippen molar-refractivity contribution < 1.29 is 4.74 Å². The monoisotopic (exact) mass is 314 g/mol. The first-order chi connectivity index (χ1) is 8.67. The second-order valence-corrected chi connectivity index (χ2v) is 5.23. The van der Waals surface area contributed by atoms with Crippen LogP contribution in [0.1, 0.15) is 12.5 Å². The molecule has 0 fully saturated rings. The number of rotatable bonds is 8. The summed E-state index contributed by atoms with van der Waals surface area (Å²) in [6, 6.07) is 6.27. The lowest BCUT2D eigenvalue weighted by Crippen LogP contribution is -2.30. The Hall–Kier alpha value is -0.580. The number of methoxy groups -OCH3 is 1. The summed E-state index contributed by atoms with van der Waals surface area (Å²) in [6.45, 7) is 6.39. The van der Waals surface area contributed by atoms with E-state index in [0.29, 0.717) is 0 Å². The van der Waals surface area contributed by atoms with Crippen LogP contribution in [0.2, 0.25) is 0 Å². The van der Waals surface area contributed by atoms with Gasteiger partial charge >= 0.3 is 0 Å². The molecule has 0 aliphatic rings. The number of hydrogen-bond acceptors (Lipinski definition) is 3. The van der Waals surface area contributed by atoms with E-state index in [4.69, 9.17) is 4.74 Å². The van der Waals surface area contributed by atoms with Crippen molar-refractivity contribution in [1.29, 1.82) is 0 Å². The van der Waals surface area contributed by atoms with Gasteiger partial charge in [-0.1, -0.05) is 13.0 Å². The van der Waals surface area contributed by atoms with Crippen LogP contribution in [0.3, 0.4) is 0 Å². The molecule has 0 amide bonds. The highest BCUT2D eigenvalue weighted by Gasteiger charge is 2.03. The molecule has 4 heteroatoms. The fourth-order valence-electron chi connectivity index (χ4n) is 1.74. The molecule has 0 radical (unpaired) electrons. The number of nitrogens with one attached hydrogen (secondary N) is 1. The minimum Gasteiger partial charge on any atom is -0.496 e. The average Bonchev–Trinajstić information content (AvgIpc) is 2.37. The van der Waals surface area contributed by atoms with Crippen LogP contribution < -0.4 is 10.1 Å². The molecule has 3 nitrogen and oxygen atoms in total. The molecule has 0 saturated carbocycles. The standard InChI is InChI=1S/C14H23BrN2O/c1-4-16-8-10-17(2)9-7-12-5-6-14(18-3)13(15)11-12/h5-6,11,16H,4,7-10H2,1-3H3. The Labute approximate surface area is 119 Å². The lowest BCUT2D eigenvalue weighted by atomic mass is 10.1. The van der Waals surface area contributed by atoms with Crippen molar-refractivity contribution in [3.63, 3.8) is 0 Å². The maximum atomic E-state index is 5.23. The minimum atomic E-state index is 0.888. The second kappa shape index (κ2) is 8.51. The van der Waals surface area contributed by atoms with E-state index in [2.05, 4.69) is 52.3 Å². The molecule has 0 unspecified atom stereocenters. The summed E-state index contributed by atoms with van der Waals surface area (Å²) in [6.07, 6.45) is 1.06. The van der Waals surface area contributed by atoms with E-state index in [9.17, 15) is 0 Å². The topological polar surface area (TPSA) is 24.5 Å². The number of halogens is 1. The molecule has 0 aliphatic heterocycles. The van der Waals surface area contributed by atoms with Crippen molar-refractivity contribution in [2.24, 2.45) is 0 Å². The zero-order chi connectivity index (χ0) is 13.4. The third kappa shape index (κ3) is 5.38. The first kappa shape index (κ1) is 15.5. The van der Waals surface area contributed by atoms with Crippen LogP contribution in [-0.2, 0) is 6.42 Å². The van der Waals surface area contributed by atoms with Gasteiger partial charge in [0.15, 0.2) is 0 Å². The number of ether oxygens (including phenoxy) is 1. The van der Waals surface area contributed by atoms with Gasteiger partial charge in [-0.25, -0.2) is 0 Å². The van der Waals surface area contributed by atoms with Gasteiger partial charge in [-0.2, -0.15) is 0 Å². The van der Waals surface area contributed by atoms with Crippen LogP contribution in [0.25, 0.3) is 0 Å². The first-order valence-electron chi connectivity index (χ1n) is 6.39. The highest BCUT2D eigenvalue weighted by Crippen LogP contribution is 2.25. The number of likely N-dealkylation sites (N-methyl/N-ethyl adjacent to an activating group) is 2. The van der Waals surface area contributed by atoms with Gasteiger partial charge in [0.2, 0.25) is 0 Å². The normalized spacial score (nSPS) is 10.9. The van der Waals surface area contributed by atoms with Gasteiger partial charge in [0.05, 0.1) is 11.6 Å². The van der Waals surface area contributed by atoms with Crippen molar-refractivity contribution >= 4 is 15.9 Å². The van der Waals surface area contributed by atoms with E-state index in [-0.39, 0.29) is 0 Å². The molecule has 0 aliphatic carbocycles. The van der Waals surface area contributed by atoms with Crippen molar-refractivity contribution in [1.82, 2.24) is 10.2 Å². The highest BCUT2D eigenvalue weighted by molar-refractivity contribution is 9.10. The van der Waals surface area contributed by atoms with Crippen LogP contribution >= 0.6 is 15.9 Å². The van der Waals surface area contributed by atoms with E-state index in [1.54, 1.807) is 7.11 Å². The summed E-state index contributed by atoms with van der Waals surface area (Å²) in [4.78, 5) is 2.35. The van der Waals surface area contributed by atoms with Crippen LogP contribution in [0, 0.1) is 0 Å². The summed E-state index contributed by atoms with van der Waals surface area (Å²) in [7, 11) is 3.85. The maximum absolute atomic E-state index is 5.23. The summed E-state index contributed by atoms with van der Waals surface area (Å²) in [5.74, 6) is 0.888. The first-order valence-corrected chi connectivity index (χ1v) is 7.18. The zero-order valence-electron chi connectivity index (χ0n) is 11.5. The van der Waals surface area contributed by atoms with E-state index in [0.717, 1.165) is 42.8 Å². The average molecular weight is 315 g/mol. The Kier molecular flexibility index (Phi) is 7.32. The van der Waals surface area contributed by atoms with Crippen LogP contribution in [-0.4, -0.2) is 45.2 Å². The number of benzene rings is 1. The smallest absolute Gasteiger partial charge is 0.133 e. The van der Waals surface area contributed by atoms with Crippen molar-refractivity contribution in [2.75, 3.05) is 40.3 Å². The molecule has 1 aromatic carbocycles. The SMILES string of the molecule is CCNCCN(C)CCc1ccc(OC)c(Br)c1. The Balaban J connectivity index is 2.36. The van der Waals surface area contributed by atoms with Gasteiger partial charge in [-0.05, 0) is 53.6 Å². The van der Waals surface area contributed by atoms with Gasteiger partial charge in [0.1, 0.15) is 5.75 Å².